The van der Waals surface area contributed by atoms with Crippen molar-refractivity contribution in [2.45, 2.75) is 18.9 Å². The summed E-state index contributed by atoms with van der Waals surface area (Å²) in [5.41, 5.74) is 1.13. The molecule has 7 heteroatoms. The molecule has 106 valence electrons. The van der Waals surface area contributed by atoms with Crippen LogP contribution in [0.5, 0.6) is 0 Å². The van der Waals surface area contributed by atoms with Gasteiger partial charge in [-0.15, -0.1) is 16.4 Å². The molecule has 0 aromatic carbocycles. The van der Waals surface area contributed by atoms with Crippen molar-refractivity contribution in [2.24, 2.45) is 5.92 Å². The summed E-state index contributed by atoms with van der Waals surface area (Å²) in [7, 11) is 0. The van der Waals surface area contributed by atoms with Crippen molar-refractivity contribution in [1.29, 1.82) is 0 Å². The molecule has 0 saturated carbocycles. The van der Waals surface area contributed by atoms with Gasteiger partial charge in [0.1, 0.15) is 0 Å². The molecule has 5 nitrogen and oxygen atoms in total. The Bertz CT molecular complexity index is 595. The lowest BCUT2D eigenvalue weighted by Gasteiger charge is -2.24. The molecule has 20 heavy (non-hydrogen) atoms. The van der Waals surface area contributed by atoms with Gasteiger partial charge in [0.15, 0.2) is 5.82 Å². The quantitative estimate of drug-likeness (QED) is 0.759. The highest BCUT2D eigenvalue weighted by atomic mass is 127. The van der Waals surface area contributed by atoms with Crippen molar-refractivity contribution in [3.8, 4) is 11.4 Å². The Morgan fingerprint density at radius 1 is 1.40 bits per heavy atom. The van der Waals surface area contributed by atoms with Crippen LogP contribution in [0.15, 0.2) is 11.4 Å². The van der Waals surface area contributed by atoms with Gasteiger partial charge in [-0.05, 0) is 54.0 Å². The highest BCUT2D eigenvalue weighted by Crippen LogP contribution is 2.29. The van der Waals surface area contributed by atoms with Gasteiger partial charge in [0, 0.05) is 30.1 Å². The fraction of sp³-hybridized carbons (Fsp3) is 0.538. The number of hydrogen-bond donors (Lipinski definition) is 2. The Balaban J connectivity index is 1.54. The van der Waals surface area contributed by atoms with E-state index in [-0.39, 0.29) is 0 Å². The second kappa shape index (κ2) is 5.27. The molecule has 2 atom stereocenters. The van der Waals surface area contributed by atoms with Gasteiger partial charge < -0.3 is 10.2 Å². The van der Waals surface area contributed by atoms with Crippen molar-refractivity contribution < 1.29 is 0 Å². The van der Waals surface area contributed by atoms with Crippen molar-refractivity contribution in [3.63, 3.8) is 0 Å². The van der Waals surface area contributed by atoms with Crippen molar-refractivity contribution in [1.82, 2.24) is 20.5 Å². The third-order valence-electron chi connectivity index (χ3n) is 4.20. The zero-order valence-electron chi connectivity index (χ0n) is 11.0. The molecule has 0 spiro atoms. The van der Waals surface area contributed by atoms with Gasteiger partial charge >= 0.3 is 0 Å². The lowest BCUT2D eigenvalue weighted by atomic mass is 9.94. The summed E-state index contributed by atoms with van der Waals surface area (Å²) in [6, 6.07) is 2.76. The Morgan fingerprint density at radius 3 is 3.15 bits per heavy atom. The number of aromatic amines is 1. The lowest BCUT2D eigenvalue weighted by Crippen LogP contribution is -2.40. The van der Waals surface area contributed by atoms with Gasteiger partial charge in [0.25, 0.3) is 0 Å². The molecule has 0 bridgehead atoms. The summed E-state index contributed by atoms with van der Waals surface area (Å²) >= 11 is 4.06. The van der Waals surface area contributed by atoms with Gasteiger partial charge in [0.2, 0.25) is 5.95 Å². The van der Waals surface area contributed by atoms with Crippen LogP contribution < -0.4 is 10.2 Å². The average molecular weight is 401 g/mol. The molecular weight excluding hydrogens is 385 g/mol. The van der Waals surface area contributed by atoms with Crippen molar-refractivity contribution >= 4 is 39.9 Å². The zero-order chi connectivity index (χ0) is 13.5. The smallest absolute Gasteiger partial charge is 0.245 e. The first kappa shape index (κ1) is 13.0. The monoisotopic (exact) mass is 401 g/mol. The highest BCUT2D eigenvalue weighted by Gasteiger charge is 2.35. The zero-order valence-corrected chi connectivity index (χ0v) is 13.9. The van der Waals surface area contributed by atoms with E-state index in [9.17, 15) is 0 Å². The van der Waals surface area contributed by atoms with Crippen LogP contribution in [0, 0.1) is 8.80 Å². The number of fused-ring (bicyclic) bond motifs is 1. The molecule has 0 aliphatic carbocycles. The normalized spacial score (nSPS) is 25.9. The third-order valence-corrected chi connectivity index (χ3v) is 5.99. The molecule has 2 saturated heterocycles. The number of anilines is 1. The minimum absolute atomic E-state index is 0.618. The highest BCUT2D eigenvalue weighted by molar-refractivity contribution is 14.1. The average Bonchev–Trinajstić information content (AvgIpc) is 3.16. The minimum atomic E-state index is 0.618. The van der Waals surface area contributed by atoms with Crippen LogP contribution in [0.4, 0.5) is 5.95 Å². The molecule has 2 unspecified atom stereocenters. The van der Waals surface area contributed by atoms with Gasteiger partial charge in [-0.3, -0.25) is 5.10 Å². The van der Waals surface area contributed by atoms with Crippen LogP contribution in [0.25, 0.3) is 11.4 Å². The molecule has 2 N–H and O–H groups in total. The van der Waals surface area contributed by atoms with Crippen LogP contribution >= 0.6 is 33.9 Å². The summed E-state index contributed by atoms with van der Waals surface area (Å²) in [4.78, 5) is 6.98. The van der Waals surface area contributed by atoms with Gasteiger partial charge in [0.05, 0.1) is 2.88 Å². The Labute approximate surface area is 135 Å². The Morgan fingerprint density at radius 2 is 2.35 bits per heavy atom. The number of nitrogens with zero attached hydrogens (tertiary/aromatic N) is 3. The van der Waals surface area contributed by atoms with E-state index in [1.54, 1.807) is 11.3 Å². The predicted octanol–water partition coefficient (Wildman–Crippen LogP) is 2.33. The SMILES string of the molecule is Ic1cc(-c2nc(N3CC4CCCNC4C3)n[nH]2)cs1. The fourth-order valence-electron chi connectivity index (χ4n) is 3.17. The lowest BCUT2D eigenvalue weighted by molar-refractivity contribution is 0.340. The maximum atomic E-state index is 4.67. The van der Waals surface area contributed by atoms with E-state index in [0.717, 1.165) is 42.9 Å². The molecule has 0 amide bonds. The molecule has 2 aliphatic rings. The van der Waals surface area contributed by atoms with E-state index in [1.165, 1.54) is 15.7 Å². The number of nitrogens with one attached hydrogen (secondary N) is 2. The Hall–Kier alpha value is -0.670. The van der Waals surface area contributed by atoms with Crippen molar-refractivity contribution in [2.75, 3.05) is 24.5 Å². The molecule has 4 heterocycles. The molecule has 0 radical (unpaired) electrons. The summed E-state index contributed by atoms with van der Waals surface area (Å²) < 4.78 is 1.27. The second-order valence-electron chi connectivity index (χ2n) is 5.49. The van der Waals surface area contributed by atoms with Gasteiger partial charge in [-0.1, -0.05) is 0 Å². The first-order chi connectivity index (χ1) is 9.79. The summed E-state index contributed by atoms with van der Waals surface area (Å²) in [6.07, 6.45) is 2.62. The molecule has 2 fully saturated rings. The minimum Gasteiger partial charge on any atom is -0.338 e. The molecule has 2 aliphatic heterocycles. The summed E-state index contributed by atoms with van der Waals surface area (Å²) in [5, 5.41) is 13.2. The number of aromatic nitrogens is 3. The number of hydrogen-bond acceptors (Lipinski definition) is 5. The number of rotatable bonds is 2. The van der Waals surface area contributed by atoms with Crippen LogP contribution in [0.1, 0.15) is 12.8 Å². The number of halogens is 1. The van der Waals surface area contributed by atoms with E-state index in [4.69, 9.17) is 0 Å². The number of piperidine rings is 1. The second-order valence-corrected chi connectivity index (χ2v) is 8.30. The number of H-pyrrole nitrogens is 1. The van der Waals surface area contributed by atoms with Crippen LogP contribution in [0.3, 0.4) is 0 Å². The largest absolute Gasteiger partial charge is 0.338 e. The van der Waals surface area contributed by atoms with E-state index < -0.39 is 0 Å². The van der Waals surface area contributed by atoms with E-state index in [1.807, 2.05) is 0 Å². The van der Waals surface area contributed by atoms with E-state index in [2.05, 4.69) is 59.4 Å². The van der Waals surface area contributed by atoms with Crippen molar-refractivity contribution in [3.05, 3.63) is 14.3 Å². The predicted molar refractivity (Wildman–Crippen MR) is 89.1 cm³/mol. The van der Waals surface area contributed by atoms with E-state index in [0.29, 0.717) is 6.04 Å². The molecule has 4 rings (SSSR count). The van der Waals surface area contributed by atoms with Crippen LogP contribution in [0.2, 0.25) is 0 Å². The summed E-state index contributed by atoms with van der Waals surface area (Å²) in [5.74, 6) is 2.48. The molecular formula is C13H16IN5S. The first-order valence-corrected chi connectivity index (χ1v) is 8.90. The summed E-state index contributed by atoms with van der Waals surface area (Å²) in [6.45, 7) is 3.26. The fourth-order valence-corrected chi connectivity index (χ4v) is 4.50. The standard InChI is InChI=1S/C13H16IN5S/c14-11-4-9(7-20-11)12-16-13(18-17-12)19-5-8-2-1-3-15-10(8)6-19/h4,7-8,10,15H,1-3,5-6H2,(H,16,17,18). The maximum Gasteiger partial charge on any atom is 0.245 e. The maximum absolute atomic E-state index is 4.67. The topological polar surface area (TPSA) is 56.8 Å². The first-order valence-electron chi connectivity index (χ1n) is 6.95. The van der Waals surface area contributed by atoms with Gasteiger partial charge in [-0.25, -0.2) is 0 Å². The van der Waals surface area contributed by atoms with Gasteiger partial charge in [-0.2, -0.15) is 4.98 Å². The Kier molecular flexibility index (Phi) is 3.43. The number of thiophene rings is 1. The van der Waals surface area contributed by atoms with Crippen LogP contribution in [-0.4, -0.2) is 40.9 Å². The third kappa shape index (κ3) is 2.35. The molecule has 2 aromatic rings. The van der Waals surface area contributed by atoms with Crippen LogP contribution in [-0.2, 0) is 0 Å². The molecule has 2 aromatic heterocycles. The van der Waals surface area contributed by atoms with E-state index >= 15 is 0 Å².